The monoisotopic (exact) mass is 228 g/mol. The molecule has 0 atom stereocenters. The van der Waals surface area contributed by atoms with E-state index in [2.05, 4.69) is 37.0 Å². The third-order valence-corrected chi connectivity index (χ3v) is 4.23. The van der Waals surface area contributed by atoms with Crippen molar-refractivity contribution in [1.82, 2.24) is 4.98 Å². The Balaban J connectivity index is 2.25. The van der Waals surface area contributed by atoms with Gasteiger partial charge in [-0.15, -0.1) is 0 Å². The van der Waals surface area contributed by atoms with E-state index >= 15 is 0 Å². The number of fused-ring (bicyclic) bond motifs is 1. The van der Waals surface area contributed by atoms with Crippen molar-refractivity contribution in [1.29, 1.82) is 0 Å². The van der Waals surface area contributed by atoms with Crippen LogP contribution in [0.15, 0.2) is 18.2 Å². The van der Waals surface area contributed by atoms with Crippen molar-refractivity contribution in [3.8, 4) is 0 Å². The van der Waals surface area contributed by atoms with Gasteiger partial charge in [-0.25, -0.2) is 0 Å². The van der Waals surface area contributed by atoms with Crippen LogP contribution in [0.1, 0.15) is 36.6 Å². The van der Waals surface area contributed by atoms with E-state index in [1.165, 1.54) is 40.6 Å². The number of aromatic nitrogens is 1. The Hall–Kier alpha value is -1.28. The van der Waals surface area contributed by atoms with Gasteiger partial charge in [0.05, 0.1) is 0 Å². The highest BCUT2D eigenvalue weighted by Crippen LogP contribution is 2.50. The molecule has 1 heterocycles. The van der Waals surface area contributed by atoms with Crippen LogP contribution in [0.3, 0.4) is 0 Å². The van der Waals surface area contributed by atoms with Crippen LogP contribution in [0.5, 0.6) is 0 Å². The Labute approximate surface area is 102 Å². The number of aryl methyl sites for hydroxylation is 2. The first-order valence-corrected chi connectivity index (χ1v) is 6.52. The zero-order valence-corrected chi connectivity index (χ0v) is 10.6. The standard InChI is InChI=1S/C15H20N2/c1-3-11-4-5-13-12(8-11)14(10(2)17-13)15(9-16)6-7-15/h4-5,8,17H,3,6-7,9,16H2,1-2H3. The molecule has 1 fully saturated rings. The molecule has 2 aromatic rings. The van der Waals surface area contributed by atoms with Crippen LogP contribution in [-0.2, 0) is 11.8 Å². The van der Waals surface area contributed by atoms with Crippen molar-refractivity contribution in [2.24, 2.45) is 5.73 Å². The molecule has 1 aromatic carbocycles. The van der Waals surface area contributed by atoms with Gasteiger partial charge in [0, 0.05) is 28.6 Å². The third kappa shape index (κ3) is 1.51. The van der Waals surface area contributed by atoms with Crippen molar-refractivity contribution in [2.45, 2.75) is 38.5 Å². The number of nitrogens with one attached hydrogen (secondary N) is 1. The zero-order valence-electron chi connectivity index (χ0n) is 10.6. The normalized spacial score (nSPS) is 17.6. The second kappa shape index (κ2) is 3.61. The molecule has 1 aliphatic carbocycles. The third-order valence-electron chi connectivity index (χ3n) is 4.23. The van der Waals surface area contributed by atoms with E-state index in [0.717, 1.165) is 13.0 Å². The predicted molar refractivity (Wildman–Crippen MR) is 72.4 cm³/mol. The van der Waals surface area contributed by atoms with Crippen molar-refractivity contribution in [3.05, 3.63) is 35.0 Å². The predicted octanol–water partition coefficient (Wildman–Crippen LogP) is 3.03. The minimum atomic E-state index is 0.273. The van der Waals surface area contributed by atoms with Gasteiger partial charge in [0.1, 0.15) is 0 Å². The van der Waals surface area contributed by atoms with Gasteiger partial charge in [-0.1, -0.05) is 13.0 Å². The number of benzene rings is 1. The van der Waals surface area contributed by atoms with Crippen molar-refractivity contribution in [3.63, 3.8) is 0 Å². The Bertz CT molecular complexity index is 562. The van der Waals surface area contributed by atoms with Gasteiger partial charge in [0.15, 0.2) is 0 Å². The number of hydrogen-bond donors (Lipinski definition) is 2. The molecule has 0 aliphatic heterocycles. The lowest BCUT2D eigenvalue weighted by molar-refractivity contribution is 0.705. The lowest BCUT2D eigenvalue weighted by Gasteiger charge is -2.13. The quantitative estimate of drug-likeness (QED) is 0.833. The first-order chi connectivity index (χ1) is 8.20. The molecule has 1 saturated carbocycles. The van der Waals surface area contributed by atoms with E-state index in [4.69, 9.17) is 5.73 Å². The molecule has 90 valence electrons. The van der Waals surface area contributed by atoms with Gasteiger partial charge in [0.25, 0.3) is 0 Å². The van der Waals surface area contributed by atoms with Gasteiger partial charge in [-0.2, -0.15) is 0 Å². The molecule has 0 unspecified atom stereocenters. The van der Waals surface area contributed by atoms with Gasteiger partial charge < -0.3 is 10.7 Å². The minimum Gasteiger partial charge on any atom is -0.358 e. The summed E-state index contributed by atoms with van der Waals surface area (Å²) in [4.78, 5) is 3.50. The van der Waals surface area contributed by atoms with Crippen molar-refractivity contribution < 1.29 is 0 Å². The average molecular weight is 228 g/mol. The number of aromatic amines is 1. The SMILES string of the molecule is CCc1ccc2[nH]c(C)c(C3(CN)CC3)c2c1. The van der Waals surface area contributed by atoms with Crippen LogP contribution in [0.4, 0.5) is 0 Å². The van der Waals surface area contributed by atoms with E-state index in [0.29, 0.717) is 0 Å². The number of nitrogens with two attached hydrogens (primary N) is 1. The van der Waals surface area contributed by atoms with Crippen LogP contribution in [0.25, 0.3) is 10.9 Å². The average Bonchev–Trinajstić information content (AvgIpc) is 3.06. The molecule has 17 heavy (non-hydrogen) atoms. The van der Waals surface area contributed by atoms with Crippen molar-refractivity contribution in [2.75, 3.05) is 6.54 Å². The summed E-state index contributed by atoms with van der Waals surface area (Å²) in [5.41, 5.74) is 11.7. The molecule has 0 spiro atoms. The lowest BCUT2D eigenvalue weighted by Crippen LogP contribution is -2.20. The molecule has 2 nitrogen and oxygen atoms in total. The van der Waals surface area contributed by atoms with E-state index in [9.17, 15) is 0 Å². The summed E-state index contributed by atoms with van der Waals surface area (Å²) in [5.74, 6) is 0. The van der Waals surface area contributed by atoms with Crippen LogP contribution in [0.2, 0.25) is 0 Å². The van der Waals surface area contributed by atoms with Gasteiger partial charge in [-0.05, 0) is 49.4 Å². The molecule has 3 N–H and O–H groups in total. The highest BCUT2D eigenvalue weighted by molar-refractivity contribution is 5.87. The maximum atomic E-state index is 5.98. The summed E-state index contributed by atoms with van der Waals surface area (Å²) in [7, 11) is 0. The van der Waals surface area contributed by atoms with Gasteiger partial charge in [0.2, 0.25) is 0 Å². The summed E-state index contributed by atoms with van der Waals surface area (Å²) in [5, 5.41) is 1.39. The van der Waals surface area contributed by atoms with Crippen LogP contribution >= 0.6 is 0 Å². The van der Waals surface area contributed by atoms with Crippen LogP contribution < -0.4 is 5.73 Å². The first-order valence-electron chi connectivity index (χ1n) is 6.52. The maximum Gasteiger partial charge on any atom is 0.0459 e. The zero-order chi connectivity index (χ0) is 12.0. The van der Waals surface area contributed by atoms with Gasteiger partial charge >= 0.3 is 0 Å². The summed E-state index contributed by atoms with van der Waals surface area (Å²) >= 11 is 0. The highest BCUT2D eigenvalue weighted by Gasteiger charge is 2.45. The van der Waals surface area contributed by atoms with E-state index in [-0.39, 0.29) is 5.41 Å². The largest absolute Gasteiger partial charge is 0.358 e. The van der Waals surface area contributed by atoms with Gasteiger partial charge in [-0.3, -0.25) is 0 Å². The summed E-state index contributed by atoms with van der Waals surface area (Å²) < 4.78 is 0. The first kappa shape index (κ1) is 10.8. The molecule has 0 saturated heterocycles. The molecule has 0 amide bonds. The number of rotatable bonds is 3. The molecule has 0 bridgehead atoms. The molecule has 1 aromatic heterocycles. The van der Waals surface area contributed by atoms with E-state index in [1.807, 2.05) is 0 Å². The Morgan fingerprint density at radius 1 is 1.35 bits per heavy atom. The molecule has 0 radical (unpaired) electrons. The Morgan fingerprint density at radius 2 is 2.12 bits per heavy atom. The van der Waals surface area contributed by atoms with Crippen molar-refractivity contribution >= 4 is 10.9 Å². The fourth-order valence-corrected chi connectivity index (χ4v) is 2.98. The van der Waals surface area contributed by atoms with Crippen LogP contribution in [-0.4, -0.2) is 11.5 Å². The molecule has 2 heteroatoms. The smallest absolute Gasteiger partial charge is 0.0459 e. The van der Waals surface area contributed by atoms with E-state index in [1.54, 1.807) is 0 Å². The number of H-pyrrole nitrogens is 1. The Morgan fingerprint density at radius 3 is 2.71 bits per heavy atom. The highest BCUT2D eigenvalue weighted by atomic mass is 14.8. The fourth-order valence-electron chi connectivity index (χ4n) is 2.98. The summed E-state index contributed by atoms with van der Waals surface area (Å²) in [6, 6.07) is 6.76. The molecule has 3 rings (SSSR count). The fraction of sp³-hybridized carbons (Fsp3) is 0.467. The van der Waals surface area contributed by atoms with E-state index < -0.39 is 0 Å². The number of hydrogen-bond acceptors (Lipinski definition) is 1. The Kier molecular flexibility index (Phi) is 2.30. The second-order valence-electron chi connectivity index (χ2n) is 5.34. The topological polar surface area (TPSA) is 41.8 Å². The minimum absolute atomic E-state index is 0.273. The maximum absolute atomic E-state index is 5.98. The molecule has 1 aliphatic rings. The summed E-state index contributed by atoms with van der Waals surface area (Å²) in [6.07, 6.45) is 3.58. The van der Waals surface area contributed by atoms with Crippen LogP contribution in [0, 0.1) is 6.92 Å². The molecular weight excluding hydrogens is 208 g/mol. The molecular formula is C15H20N2. The second-order valence-corrected chi connectivity index (χ2v) is 5.34. The lowest BCUT2D eigenvalue weighted by atomic mass is 9.92. The summed E-state index contributed by atoms with van der Waals surface area (Å²) in [6.45, 7) is 5.16.